The first kappa shape index (κ1) is 17.7. The number of rotatable bonds is 9. The van der Waals surface area contributed by atoms with Gasteiger partial charge in [-0.3, -0.25) is 4.79 Å². The number of hydrogen-bond acceptors (Lipinski definition) is 6. The summed E-state index contributed by atoms with van der Waals surface area (Å²) in [6, 6.07) is 0. The molecule has 0 saturated heterocycles. The maximum atomic E-state index is 11.6. The summed E-state index contributed by atoms with van der Waals surface area (Å²) in [7, 11) is 5.53. The molecule has 0 aliphatic rings. The van der Waals surface area contributed by atoms with E-state index < -0.39 is 0 Å². The van der Waals surface area contributed by atoms with E-state index in [9.17, 15) is 4.79 Å². The molecule has 1 aromatic heterocycles. The quantitative estimate of drug-likeness (QED) is 0.676. The number of carbonyl (C=O) groups excluding carboxylic acids is 1. The number of carbonyl (C=O) groups is 1. The molecule has 7 heteroatoms. The summed E-state index contributed by atoms with van der Waals surface area (Å²) in [4.78, 5) is 19.0. The van der Waals surface area contributed by atoms with Crippen LogP contribution in [0.5, 0.6) is 5.88 Å². The summed E-state index contributed by atoms with van der Waals surface area (Å²) < 4.78 is 5.27. The molecule has 0 radical (unpaired) electrons. The van der Waals surface area contributed by atoms with Crippen LogP contribution < -0.4 is 20.3 Å². The smallest absolute Gasteiger partial charge is 0.230 e. The summed E-state index contributed by atoms with van der Waals surface area (Å²) in [6.07, 6.45) is 0.481. The fourth-order valence-corrected chi connectivity index (χ4v) is 2.52. The number of nitrogens with zero attached hydrogens (tertiary/aromatic N) is 2. The molecule has 1 rings (SSSR count). The molecule has 0 bridgehead atoms. The Morgan fingerprint density at radius 3 is 2.71 bits per heavy atom. The van der Waals surface area contributed by atoms with Crippen molar-refractivity contribution in [1.82, 2.24) is 15.6 Å². The zero-order valence-corrected chi connectivity index (χ0v) is 14.3. The van der Waals surface area contributed by atoms with Gasteiger partial charge in [0, 0.05) is 40.2 Å². The lowest BCUT2D eigenvalue weighted by Crippen LogP contribution is -2.30. The number of aromatic nitrogens is 1. The summed E-state index contributed by atoms with van der Waals surface area (Å²) in [5.41, 5.74) is 0. The first-order valence-electron chi connectivity index (χ1n) is 7.12. The molecule has 120 valence electrons. The second-order valence-electron chi connectivity index (χ2n) is 5.45. The molecule has 2 N–H and O–H groups in total. The van der Waals surface area contributed by atoms with Gasteiger partial charge in [-0.05, 0) is 5.92 Å². The number of thiazole rings is 1. The molecule has 0 unspecified atom stereocenters. The molecule has 1 aromatic rings. The minimum Gasteiger partial charge on any atom is -0.480 e. The summed E-state index contributed by atoms with van der Waals surface area (Å²) in [6.45, 7) is 6.19. The van der Waals surface area contributed by atoms with Gasteiger partial charge in [-0.2, -0.15) is 4.98 Å². The van der Waals surface area contributed by atoms with Crippen LogP contribution in [0.4, 0.5) is 5.13 Å². The maximum absolute atomic E-state index is 11.6. The molecular weight excluding hydrogens is 288 g/mol. The third kappa shape index (κ3) is 6.31. The van der Waals surface area contributed by atoms with Gasteiger partial charge < -0.3 is 20.3 Å². The Hall–Kier alpha value is -1.34. The number of anilines is 1. The molecule has 0 aliphatic heterocycles. The third-order valence-electron chi connectivity index (χ3n) is 2.75. The second kappa shape index (κ2) is 8.84. The van der Waals surface area contributed by atoms with E-state index in [0.29, 0.717) is 31.3 Å². The molecule has 0 spiro atoms. The second-order valence-corrected chi connectivity index (χ2v) is 6.51. The van der Waals surface area contributed by atoms with Crippen molar-refractivity contribution in [3.63, 3.8) is 0 Å². The van der Waals surface area contributed by atoms with Crippen molar-refractivity contribution in [1.29, 1.82) is 0 Å². The number of nitrogens with one attached hydrogen (secondary N) is 2. The van der Waals surface area contributed by atoms with E-state index in [1.54, 1.807) is 18.4 Å². The normalized spacial score (nSPS) is 10.8. The van der Waals surface area contributed by atoms with Crippen LogP contribution in [-0.2, 0) is 11.3 Å². The predicted octanol–water partition coefficient (Wildman–Crippen LogP) is 1.47. The van der Waals surface area contributed by atoms with Crippen LogP contribution in [0.15, 0.2) is 0 Å². The van der Waals surface area contributed by atoms with Gasteiger partial charge in [-0.15, -0.1) is 0 Å². The first-order valence-corrected chi connectivity index (χ1v) is 7.94. The fraction of sp³-hybridized carbons (Fsp3) is 0.714. The van der Waals surface area contributed by atoms with E-state index in [0.717, 1.165) is 16.6 Å². The monoisotopic (exact) mass is 314 g/mol. The molecule has 0 fully saturated rings. The van der Waals surface area contributed by atoms with Gasteiger partial charge in [0.2, 0.25) is 11.8 Å². The van der Waals surface area contributed by atoms with Crippen molar-refractivity contribution in [2.75, 3.05) is 39.2 Å². The topological polar surface area (TPSA) is 66.5 Å². The minimum atomic E-state index is 0.0847. The van der Waals surface area contributed by atoms with Gasteiger partial charge in [-0.25, -0.2) is 0 Å². The first-order chi connectivity index (χ1) is 9.93. The Bertz CT molecular complexity index is 446. The highest BCUT2D eigenvalue weighted by Gasteiger charge is 2.12. The highest BCUT2D eigenvalue weighted by Crippen LogP contribution is 2.30. The largest absolute Gasteiger partial charge is 0.480 e. The van der Waals surface area contributed by atoms with Gasteiger partial charge in [0.1, 0.15) is 0 Å². The molecule has 1 amide bonds. The summed E-state index contributed by atoms with van der Waals surface area (Å²) in [5, 5.41) is 7.08. The Morgan fingerprint density at radius 2 is 2.14 bits per heavy atom. The number of hydrogen-bond donors (Lipinski definition) is 2. The Balaban J connectivity index is 2.34. The van der Waals surface area contributed by atoms with E-state index in [2.05, 4.69) is 29.5 Å². The van der Waals surface area contributed by atoms with Gasteiger partial charge >= 0.3 is 0 Å². The van der Waals surface area contributed by atoms with Crippen molar-refractivity contribution in [3.8, 4) is 5.88 Å². The summed E-state index contributed by atoms with van der Waals surface area (Å²) >= 11 is 1.59. The van der Waals surface area contributed by atoms with Crippen LogP contribution in [0.3, 0.4) is 0 Å². The lowest BCUT2D eigenvalue weighted by atomic mass is 10.2. The van der Waals surface area contributed by atoms with E-state index in [1.807, 2.05) is 19.0 Å². The summed E-state index contributed by atoms with van der Waals surface area (Å²) in [5.74, 6) is 1.22. The predicted molar refractivity (Wildman–Crippen MR) is 87.2 cm³/mol. The van der Waals surface area contributed by atoms with Gasteiger partial charge in [0.05, 0.1) is 12.0 Å². The van der Waals surface area contributed by atoms with Crippen molar-refractivity contribution in [2.24, 2.45) is 5.92 Å². The Kier molecular flexibility index (Phi) is 7.45. The molecular formula is C14H26N4O2S. The molecule has 6 nitrogen and oxygen atoms in total. The Labute approximate surface area is 130 Å². The van der Waals surface area contributed by atoms with Gasteiger partial charge in [0.25, 0.3) is 0 Å². The van der Waals surface area contributed by atoms with Crippen LogP contribution in [-0.4, -0.2) is 45.2 Å². The fourth-order valence-electron chi connectivity index (χ4n) is 1.60. The van der Waals surface area contributed by atoms with Crippen LogP contribution in [0, 0.1) is 5.92 Å². The molecule has 0 saturated carbocycles. The van der Waals surface area contributed by atoms with Crippen LogP contribution >= 0.6 is 11.3 Å². The number of methoxy groups -OCH3 is 1. The van der Waals surface area contributed by atoms with Crippen molar-refractivity contribution in [2.45, 2.75) is 26.8 Å². The zero-order valence-electron chi connectivity index (χ0n) is 13.5. The number of amides is 1. The minimum absolute atomic E-state index is 0.0847. The molecule has 0 atom stereocenters. The van der Waals surface area contributed by atoms with Crippen LogP contribution in [0.1, 0.15) is 25.1 Å². The van der Waals surface area contributed by atoms with Gasteiger partial charge in [-0.1, -0.05) is 25.2 Å². The standard InChI is InChI=1S/C14H26N4O2S/c1-10(2)8-16-12(19)6-7-15-9-11-13(20-5)17-14(21-11)18(3)4/h10,15H,6-9H2,1-5H3,(H,16,19). The molecule has 0 aromatic carbocycles. The van der Waals surface area contributed by atoms with Crippen LogP contribution in [0.25, 0.3) is 0 Å². The lowest BCUT2D eigenvalue weighted by Gasteiger charge is -2.08. The molecule has 0 aliphatic carbocycles. The third-order valence-corrected chi connectivity index (χ3v) is 3.95. The molecule has 1 heterocycles. The van der Waals surface area contributed by atoms with Crippen LogP contribution in [0.2, 0.25) is 0 Å². The molecule has 21 heavy (non-hydrogen) atoms. The van der Waals surface area contributed by atoms with Crippen molar-refractivity contribution < 1.29 is 9.53 Å². The SMILES string of the molecule is COc1nc(N(C)C)sc1CNCCC(=O)NCC(C)C. The zero-order chi connectivity index (χ0) is 15.8. The average molecular weight is 314 g/mol. The lowest BCUT2D eigenvalue weighted by molar-refractivity contribution is -0.121. The highest BCUT2D eigenvalue weighted by molar-refractivity contribution is 7.15. The van der Waals surface area contributed by atoms with Crippen molar-refractivity contribution >= 4 is 22.4 Å². The van der Waals surface area contributed by atoms with Crippen molar-refractivity contribution in [3.05, 3.63) is 4.88 Å². The highest BCUT2D eigenvalue weighted by atomic mass is 32.1. The van der Waals surface area contributed by atoms with E-state index in [4.69, 9.17) is 4.74 Å². The van der Waals surface area contributed by atoms with E-state index >= 15 is 0 Å². The van der Waals surface area contributed by atoms with E-state index in [-0.39, 0.29) is 5.91 Å². The average Bonchev–Trinajstić information content (AvgIpc) is 2.84. The van der Waals surface area contributed by atoms with Gasteiger partial charge in [0.15, 0.2) is 5.13 Å². The Morgan fingerprint density at radius 1 is 1.43 bits per heavy atom. The van der Waals surface area contributed by atoms with E-state index in [1.165, 1.54) is 0 Å². The number of ether oxygens (including phenoxy) is 1. The maximum Gasteiger partial charge on any atom is 0.230 e.